The molecular formula is C9H14N2O. The van der Waals surface area contributed by atoms with Gasteiger partial charge in [0.2, 0.25) is 0 Å². The first-order chi connectivity index (χ1) is 5.57. The van der Waals surface area contributed by atoms with E-state index < -0.39 is 0 Å². The van der Waals surface area contributed by atoms with Gasteiger partial charge < -0.3 is 16.2 Å². The highest BCUT2D eigenvalue weighted by molar-refractivity contribution is 5.75. The Morgan fingerprint density at radius 3 is 2.25 bits per heavy atom. The molecule has 0 fully saturated rings. The number of benzene rings is 1. The summed E-state index contributed by atoms with van der Waals surface area (Å²) in [6.07, 6.45) is 0. The highest BCUT2D eigenvalue weighted by Crippen LogP contribution is 2.32. The minimum absolute atomic E-state index is 0.528. The van der Waals surface area contributed by atoms with Crippen LogP contribution in [0.1, 0.15) is 11.1 Å². The number of hydrogen-bond donors (Lipinski definition) is 2. The van der Waals surface area contributed by atoms with E-state index in [9.17, 15) is 0 Å². The maximum absolute atomic E-state index is 5.75. The molecule has 1 aromatic carbocycles. The fourth-order valence-corrected chi connectivity index (χ4v) is 1.10. The average Bonchev–Trinajstić information content (AvgIpc) is 2.08. The van der Waals surface area contributed by atoms with E-state index in [1.54, 1.807) is 7.11 Å². The Morgan fingerprint density at radius 2 is 1.75 bits per heavy atom. The summed E-state index contributed by atoms with van der Waals surface area (Å²) in [6, 6.07) is 1.89. The van der Waals surface area contributed by atoms with Crippen LogP contribution in [0.25, 0.3) is 0 Å². The minimum Gasteiger partial charge on any atom is -0.495 e. The van der Waals surface area contributed by atoms with Gasteiger partial charge in [-0.25, -0.2) is 0 Å². The molecule has 0 unspecified atom stereocenters. The molecule has 0 aliphatic carbocycles. The lowest BCUT2D eigenvalue weighted by Crippen LogP contribution is -2.01. The Morgan fingerprint density at radius 1 is 1.17 bits per heavy atom. The highest BCUT2D eigenvalue weighted by Gasteiger charge is 2.07. The van der Waals surface area contributed by atoms with Gasteiger partial charge in [0.25, 0.3) is 0 Å². The molecule has 1 aromatic rings. The van der Waals surface area contributed by atoms with Crippen LogP contribution >= 0.6 is 0 Å². The Balaban J connectivity index is 3.39. The summed E-state index contributed by atoms with van der Waals surface area (Å²) in [7, 11) is 1.58. The summed E-state index contributed by atoms with van der Waals surface area (Å²) in [5, 5.41) is 0. The molecule has 0 saturated heterocycles. The van der Waals surface area contributed by atoms with Crippen LogP contribution in [0.3, 0.4) is 0 Å². The second-order valence-corrected chi connectivity index (χ2v) is 2.85. The van der Waals surface area contributed by atoms with E-state index in [0.29, 0.717) is 17.1 Å². The third kappa shape index (κ3) is 1.18. The van der Waals surface area contributed by atoms with Crippen molar-refractivity contribution in [1.29, 1.82) is 0 Å². The smallest absolute Gasteiger partial charge is 0.144 e. The van der Waals surface area contributed by atoms with Crippen molar-refractivity contribution < 1.29 is 4.74 Å². The van der Waals surface area contributed by atoms with Gasteiger partial charge in [-0.05, 0) is 31.0 Å². The van der Waals surface area contributed by atoms with Crippen molar-refractivity contribution in [2.24, 2.45) is 0 Å². The second kappa shape index (κ2) is 2.93. The molecule has 0 atom stereocenters. The summed E-state index contributed by atoms with van der Waals surface area (Å²) in [5.41, 5.74) is 14.7. The molecule has 0 bridgehead atoms. The number of ether oxygens (including phenoxy) is 1. The maximum atomic E-state index is 5.75. The summed E-state index contributed by atoms with van der Waals surface area (Å²) in [4.78, 5) is 0. The minimum atomic E-state index is 0.528. The third-order valence-corrected chi connectivity index (χ3v) is 2.12. The summed E-state index contributed by atoms with van der Waals surface area (Å²) in [6.45, 7) is 3.92. The first-order valence-electron chi connectivity index (χ1n) is 3.77. The van der Waals surface area contributed by atoms with Gasteiger partial charge in [0.05, 0.1) is 18.5 Å². The quantitative estimate of drug-likeness (QED) is 0.621. The highest BCUT2D eigenvalue weighted by atomic mass is 16.5. The topological polar surface area (TPSA) is 61.3 Å². The zero-order valence-corrected chi connectivity index (χ0v) is 7.64. The first kappa shape index (κ1) is 8.71. The van der Waals surface area contributed by atoms with Gasteiger partial charge in [-0.2, -0.15) is 0 Å². The van der Waals surface area contributed by atoms with Crippen molar-refractivity contribution in [3.63, 3.8) is 0 Å². The second-order valence-electron chi connectivity index (χ2n) is 2.85. The van der Waals surface area contributed by atoms with Crippen molar-refractivity contribution in [3.05, 3.63) is 17.2 Å². The fourth-order valence-electron chi connectivity index (χ4n) is 1.10. The standard InChI is InChI=1S/C9H14N2O/c1-5-4-7(12-3)9(11)8(10)6(5)2/h4H,10-11H2,1-3H3. The molecule has 0 saturated carbocycles. The van der Waals surface area contributed by atoms with Crippen molar-refractivity contribution in [1.82, 2.24) is 0 Å². The van der Waals surface area contributed by atoms with Gasteiger partial charge in [0.1, 0.15) is 5.75 Å². The zero-order chi connectivity index (χ0) is 9.30. The first-order valence-corrected chi connectivity index (χ1v) is 3.77. The van der Waals surface area contributed by atoms with Crippen LogP contribution in [0.5, 0.6) is 5.75 Å². The number of hydrogen-bond acceptors (Lipinski definition) is 3. The molecule has 4 N–H and O–H groups in total. The Labute approximate surface area is 72.3 Å². The van der Waals surface area contributed by atoms with Gasteiger partial charge in [-0.3, -0.25) is 0 Å². The summed E-state index contributed by atoms with van der Waals surface area (Å²) < 4.78 is 5.06. The predicted octanol–water partition coefficient (Wildman–Crippen LogP) is 1.48. The van der Waals surface area contributed by atoms with Gasteiger partial charge in [0.15, 0.2) is 0 Å². The molecule has 0 aromatic heterocycles. The molecule has 0 amide bonds. The molecule has 0 aliphatic heterocycles. The largest absolute Gasteiger partial charge is 0.495 e. The van der Waals surface area contributed by atoms with Crippen LogP contribution in [-0.2, 0) is 0 Å². The number of nitrogen functional groups attached to an aromatic ring is 2. The monoisotopic (exact) mass is 166 g/mol. The van der Waals surface area contributed by atoms with Crippen LogP contribution < -0.4 is 16.2 Å². The van der Waals surface area contributed by atoms with Crippen molar-refractivity contribution >= 4 is 11.4 Å². The number of methoxy groups -OCH3 is 1. The molecule has 66 valence electrons. The molecular weight excluding hydrogens is 152 g/mol. The molecule has 3 heteroatoms. The SMILES string of the molecule is COc1cc(C)c(C)c(N)c1N. The van der Waals surface area contributed by atoms with Crippen LogP contribution in [-0.4, -0.2) is 7.11 Å². The average molecular weight is 166 g/mol. The van der Waals surface area contributed by atoms with E-state index in [0.717, 1.165) is 11.1 Å². The van der Waals surface area contributed by atoms with E-state index in [4.69, 9.17) is 16.2 Å². The molecule has 3 nitrogen and oxygen atoms in total. The molecule has 12 heavy (non-hydrogen) atoms. The Bertz CT molecular complexity index is 308. The number of anilines is 2. The van der Waals surface area contributed by atoms with Gasteiger partial charge >= 0.3 is 0 Å². The number of aryl methyl sites for hydroxylation is 1. The lowest BCUT2D eigenvalue weighted by molar-refractivity contribution is 0.417. The van der Waals surface area contributed by atoms with Gasteiger partial charge in [-0.1, -0.05) is 0 Å². The van der Waals surface area contributed by atoms with Crippen LogP contribution in [0, 0.1) is 13.8 Å². The summed E-state index contributed by atoms with van der Waals surface area (Å²) in [5.74, 6) is 0.649. The third-order valence-electron chi connectivity index (χ3n) is 2.12. The lowest BCUT2D eigenvalue weighted by Gasteiger charge is -2.11. The number of nitrogens with two attached hydrogens (primary N) is 2. The van der Waals surface area contributed by atoms with Crippen molar-refractivity contribution in [2.75, 3.05) is 18.6 Å². The van der Waals surface area contributed by atoms with E-state index in [2.05, 4.69) is 0 Å². The van der Waals surface area contributed by atoms with E-state index in [1.807, 2.05) is 19.9 Å². The van der Waals surface area contributed by atoms with Crippen molar-refractivity contribution in [3.8, 4) is 5.75 Å². The van der Waals surface area contributed by atoms with Crippen LogP contribution in [0.15, 0.2) is 6.07 Å². The number of rotatable bonds is 1. The molecule has 0 spiro atoms. The van der Waals surface area contributed by atoms with E-state index in [1.165, 1.54) is 0 Å². The van der Waals surface area contributed by atoms with Crippen molar-refractivity contribution in [2.45, 2.75) is 13.8 Å². The molecule has 0 heterocycles. The van der Waals surface area contributed by atoms with E-state index in [-0.39, 0.29) is 0 Å². The molecule has 0 radical (unpaired) electrons. The van der Waals surface area contributed by atoms with Gasteiger partial charge in [-0.15, -0.1) is 0 Å². The van der Waals surface area contributed by atoms with E-state index >= 15 is 0 Å². The maximum Gasteiger partial charge on any atom is 0.144 e. The summed E-state index contributed by atoms with van der Waals surface area (Å²) >= 11 is 0. The molecule has 0 aliphatic rings. The fraction of sp³-hybridized carbons (Fsp3) is 0.333. The van der Waals surface area contributed by atoms with Crippen LogP contribution in [0.2, 0.25) is 0 Å². The van der Waals surface area contributed by atoms with Crippen LogP contribution in [0.4, 0.5) is 11.4 Å². The van der Waals surface area contributed by atoms with Gasteiger partial charge in [0, 0.05) is 0 Å². The predicted molar refractivity (Wildman–Crippen MR) is 51.3 cm³/mol. The normalized spacial score (nSPS) is 9.92. The lowest BCUT2D eigenvalue weighted by atomic mass is 10.1. The Kier molecular flexibility index (Phi) is 2.13. The molecule has 1 rings (SSSR count). The zero-order valence-electron chi connectivity index (χ0n) is 7.64. The Hall–Kier alpha value is -1.38.